The molecule has 6 nitrogen and oxygen atoms in total. The van der Waals surface area contributed by atoms with Crippen molar-refractivity contribution in [2.24, 2.45) is 0 Å². The summed E-state index contributed by atoms with van der Waals surface area (Å²) in [7, 11) is 1.49. The second kappa shape index (κ2) is 10.1. The average Bonchev–Trinajstić information content (AvgIpc) is 3.20. The number of ether oxygens (including phenoxy) is 2. The third-order valence-corrected chi connectivity index (χ3v) is 6.42. The number of methoxy groups -OCH3 is 1. The second-order valence-corrected chi connectivity index (χ2v) is 8.78. The molecule has 1 unspecified atom stereocenters. The maximum atomic E-state index is 13.3. The van der Waals surface area contributed by atoms with E-state index in [2.05, 4.69) is 11.4 Å². The molecule has 0 aliphatic carbocycles. The molecule has 1 atom stereocenters. The van der Waals surface area contributed by atoms with Gasteiger partial charge in [0.1, 0.15) is 25.5 Å². The van der Waals surface area contributed by atoms with Gasteiger partial charge in [-0.25, -0.2) is 0 Å². The number of aryl methyl sites for hydroxylation is 1. The van der Waals surface area contributed by atoms with Gasteiger partial charge in [-0.05, 0) is 55.8 Å². The Labute approximate surface area is 182 Å². The number of hydrogen-bond donors (Lipinski definition) is 0. The van der Waals surface area contributed by atoms with Crippen molar-refractivity contribution in [3.8, 4) is 5.75 Å². The number of para-hydroxylation sites is 1. The molecule has 30 heavy (non-hydrogen) atoms. The molecule has 0 radical (unpaired) electrons. The van der Waals surface area contributed by atoms with Crippen molar-refractivity contribution < 1.29 is 19.1 Å². The van der Waals surface area contributed by atoms with Crippen LogP contribution in [-0.4, -0.2) is 61.1 Å². The van der Waals surface area contributed by atoms with Gasteiger partial charge in [0.15, 0.2) is 0 Å². The van der Waals surface area contributed by atoms with Crippen molar-refractivity contribution in [1.82, 2.24) is 9.80 Å². The maximum absolute atomic E-state index is 13.3. The summed E-state index contributed by atoms with van der Waals surface area (Å²) in [5.74, 6) is 0.580. The lowest BCUT2D eigenvalue weighted by atomic mass is 10.00. The van der Waals surface area contributed by atoms with Gasteiger partial charge < -0.3 is 19.3 Å². The summed E-state index contributed by atoms with van der Waals surface area (Å²) in [5, 5.41) is 2.07. The lowest BCUT2D eigenvalue weighted by molar-refractivity contribution is -0.146. The van der Waals surface area contributed by atoms with Gasteiger partial charge in [-0.2, -0.15) is 0 Å². The molecule has 162 valence electrons. The van der Waals surface area contributed by atoms with E-state index in [1.165, 1.54) is 12.0 Å². The standard InChI is InChI=1S/C23H30N2O4S/c1-16(2)25(23(27)15-28-4)13-22(26)24-11-9-21-18(10-12-30-21)19(24)14-29-20-8-6-5-7-17(20)3/h5-8,10,12,16,19H,9,11,13-15H2,1-4H3. The van der Waals surface area contributed by atoms with Gasteiger partial charge in [-0.15, -0.1) is 11.3 Å². The number of amides is 2. The van der Waals surface area contributed by atoms with Crippen LogP contribution in [0.2, 0.25) is 0 Å². The molecule has 0 N–H and O–H groups in total. The molecule has 1 aliphatic rings. The van der Waals surface area contributed by atoms with E-state index < -0.39 is 0 Å². The van der Waals surface area contributed by atoms with Crippen LogP contribution in [0.1, 0.15) is 35.9 Å². The number of hydrogen-bond acceptors (Lipinski definition) is 5. The number of rotatable bonds is 8. The number of thiophene rings is 1. The first-order valence-corrected chi connectivity index (χ1v) is 11.1. The van der Waals surface area contributed by atoms with E-state index in [9.17, 15) is 9.59 Å². The highest BCUT2D eigenvalue weighted by Crippen LogP contribution is 2.34. The lowest BCUT2D eigenvalue weighted by Crippen LogP contribution is -2.50. The Hall–Kier alpha value is -2.38. The highest BCUT2D eigenvalue weighted by molar-refractivity contribution is 7.10. The van der Waals surface area contributed by atoms with Crippen molar-refractivity contribution in [3.63, 3.8) is 0 Å². The molecule has 1 aromatic heterocycles. The number of nitrogens with zero attached hydrogens (tertiary/aromatic N) is 2. The zero-order chi connectivity index (χ0) is 21.7. The molecule has 0 saturated heterocycles. The van der Waals surface area contributed by atoms with E-state index >= 15 is 0 Å². The largest absolute Gasteiger partial charge is 0.491 e. The Bertz CT molecular complexity index is 880. The normalized spacial score (nSPS) is 15.8. The molecule has 2 heterocycles. The second-order valence-electron chi connectivity index (χ2n) is 7.78. The van der Waals surface area contributed by atoms with Gasteiger partial charge in [0.25, 0.3) is 0 Å². The zero-order valence-corrected chi connectivity index (χ0v) is 18.9. The van der Waals surface area contributed by atoms with Gasteiger partial charge in [0.05, 0.1) is 6.04 Å². The van der Waals surface area contributed by atoms with Crippen LogP contribution >= 0.6 is 11.3 Å². The molecule has 7 heteroatoms. The minimum Gasteiger partial charge on any atom is -0.491 e. The van der Waals surface area contributed by atoms with E-state index in [0.717, 1.165) is 23.3 Å². The van der Waals surface area contributed by atoms with E-state index in [1.54, 1.807) is 16.2 Å². The van der Waals surface area contributed by atoms with Gasteiger partial charge in [-0.1, -0.05) is 18.2 Å². The fourth-order valence-corrected chi connectivity index (χ4v) is 4.69. The Morgan fingerprint density at radius 1 is 1.27 bits per heavy atom. The van der Waals surface area contributed by atoms with Crippen LogP contribution in [0.15, 0.2) is 35.7 Å². The van der Waals surface area contributed by atoms with Crippen molar-refractivity contribution in [2.75, 3.05) is 33.4 Å². The van der Waals surface area contributed by atoms with Crippen molar-refractivity contribution in [2.45, 2.75) is 39.3 Å². The van der Waals surface area contributed by atoms with Crippen LogP contribution in [0, 0.1) is 6.92 Å². The Balaban J connectivity index is 1.78. The summed E-state index contributed by atoms with van der Waals surface area (Å²) in [6.07, 6.45) is 0.827. The first-order chi connectivity index (χ1) is 14.4. The van der Waals surface area contributed by atoms with Crippen LogP contribution in [0.5, 0.6) is 5.75 Å². The fraction of sp³-hybridized carbons (Fsp3) is 0.478. The first-order valence-electron chi connectivity index (χ1n) is 10.2. The average molecular weight is 431 g/mol. The van der Waals surface area contributed by atoms with Crippen LogP contribution in [0.25, 0.3) is 0 Å². The van der Waals surface area contributed by atoms with Crippen molar-refractivity contribution in [1.29, 1.82) is 0 Å². The van der Waals surface area contributed by atoms with Crippen LogP contribution in [0.4, 0.5) is 0 Å². The summed E-state index contributed by atoms with van der Waals surface area (Å²) in [6.45, 7) is 6.85. The molecule has 0 bridgehead atoms. The Morgan fingerprint density at radius 3 is 2.73 bits per heavy atom. The molecule has 0 saturated carbocycles. The van der Waals surface area contributed by atoms with Gasteiger partial charge in [0.2, 0.25) is 11.8 Å². The highest BCUT2D eigenvalue weighted by Gasteiger charge is 2.34. The predicted octanol–water partition coefficient (Wildman–Crippen LogP) is 3.44. The highest BCUT2D eigenvalue weighted by atomic mass is 32.1. The maximum Gasteiger partial charge on any atom is 0.249 e. The molecular formula is C23H30N2O4S. The molecule has 2 aromatic rings. The third-order valence-electron chi connectivity index (χ3n) is 5.42. The number of fused-ring (bicyclic) bond motifs is 1. The topological polar surface area (TPSA) is 59.1 Å². The van der Waals surface area contributed by atoms with Crippen molar-refractivity contribution >= 4 is 23.2 Å². The first kappa shape index (κ1) is 22.3. The predicted molar refractivity (Wildman–Crippen MR) is 118 cm³/mol. The minimum atomic E-state index is -0.179. The van der Waals surface area contributed by atoms with Crippen LogP contribution in [-0.2, 0) is 20.7 Å². The molecule has 2 amide bonds. The summed E-state index contributed by atoms with van der Waals surface area (Å²) >= 11 is 1.72. The Kier molecular flexibility index (Phi) is 7.50. The SMILES string of the molecule is COCC(=O)N(CC(=O)N1CCc2sccc2C1COc1ccccc1C)C(C)C. The molecule has 0 fully saturated rings. The zero-order valence-electron chi connectivity index (χ0n) is 18.1. The number of carbonyl (C=O) groups is 2. The van der Waals surface area contributed by atoms with Gasteiger partial charge in [0, 0.05) is 24.6 Å². The summed E-state index contributed by atoms with van der Waals surface area (Å²) < 4.78 is 11.1. The number of benzene rings is 1. The van der Waals surface area contributed by atoms with Crippen LogP contribution < -0.4 is 4.74 Å². The Morgan fingerprint density at radius 2 is 2.03 bits per heavy atom. The molecular weight excluding hydrogens is 400 g/mol. The molecule has 3 rings (SSSR count). The summed E-state index contributed by atoms with van der Waals surface area (Å²) in [5.41, 5.74) is 2.21. The molecule has 1 aromatic carbocycles. The lowest BCUT2D eigenvalue weighted by Gasteiger charge is -2.37. The van der Waals surface area contributed by atoms with Crippen molar-refractivity contribution in [3.05, 3.63) is 51.7 Å². The van der Waals surface area contributed by atoms with E-state index in [-0.39, 0.29) is 37.0 Å². The van der Waals surface area contributed by atoms with E-state index in [4.69, 9.17) is 9.47 Å². The molecule has 0 spiro atoms. The minimum absolute atomic E-state index is 0.0278. The van der Waals surface area contributed by atoms with E-state index in [0.29, 0.717) is 13.2 Å². The fourth-order valence-electron chi connectivity index (χ4n) is 3.76. The van der Waals surface area contributed by atoms with E-state index in [1.807, 2.05) is 49.9 Å². The van der Waals surface area contributed by atoms with Crippen LogP contribution in [0.3, 0.4) is 0 Å². The third kappa shape index (κ3) is 5.02. The summed E-state index contributed by atoms with van der Waals surface area (Å²) in [6, 6.07) is 9.72. The smallest absolute Gasteiger partial charge is 0.249 e. The quantitative estimate of drug-likeness (QED) is 0.644. The van der Waals surface area contributed by atoms with Gasteiger partial charge in [-0.3, -0.25) is 9.59 Å². The van der Waals surface area contributed by atoms with Gasteiger partial charge >= 0.3 is 0 Å². The molecule has 1 aliphatic heterocycles. The summed E-state index contributed by atoms with van der Waals surface area (Å²) in [4.78, 5) is 30.4. The number of carbonyl (C=O) groups excluding carboxylic acids is 2. The monoisotopic (exact) mass is 430 g/mol.